The van der Waals surface area contributed by atoms with Crippen molar-refractivity contribution in [1.29, 1.82) is 0 Å². The summed E-state index contributed by atoms with van der Waals surface area (Å²) in [7, 11) is 0. The number of amides is 1. The van der Waals surface area contributed by atoms with Crippen LogP contribution in [0.25, 0.3) is 0 Å². The first-order valence-corrected chi connectivity index (χ1v) is 7.24. The van der Waals surface area contributed by atoms with Gasteiger partial charge in [0.15, 0.2) is 0 Å². The van der Waals surface area contributed by atoms with Gasteiger partial charge in [-0.3, -0.25) is 4.79 Å². The van der Waals surface area contributed by atoms with Gasteiger partial charge in [0.25, 0.3) is 0 Å². The molecule has 0 spiro atoms. The Labute approximate surface area is 114 Å². The number of nitrogens with two attached hydrogens (primary N) is 1. The van der Waals surface area contributed by atoms with E-state index in [9.17, 15) is 4.79 Å². The van der Waals surface area contributed by atoms with Crippen molar-refractivity contribution in [3.63, 3.8) is 0 Å². The van der Waals surface area contributed by atoms with Gasteiger partial charge in [0, 0.05) is 26.1 Å². The van der Waals surface area contributed by atoms with Crippen LogP contribution >= 0.6 is 0 Å². The maximum absolute atomic E-state index is 12.5. The van der Waals surface area contributed by atoms with Crippen LogP contribution in [0.4, 0.5) is 0 Å². The second-order valence-corrected chi connectivity index (χ2v) is 5.40. The summed E-state index contributed by atoms with van der Waals surface area (Å²) in [5.74, 6) is 0.932. The van der Waals surface area contributed by atoms with Crippen LogP contribution in [0.1, 0.15) is 37.0 Å². The van der Waals surface area contributed by atoms with Crippen molar-refractivity contribution < 1.29 is 9.21 Å². The minimum Gasteiger partial charge on any atom is -0.469 e. The van der Waals surface area contributed by atoms with Crippen LogP contribution in [-0.4, -0.2) is 30.4 Å². The van der Waals surface area contributed by atoms with E-state index in [1.54, 1.807) is 6.26 Å². The van der Waals surface area contributed by atoms with Gasteiger partial charge in [-0.25, -0.2) is 0 Å². The third-order valence-electron chi connectivity index (χ3n) is 3.95. The van der Waals surface area contributed by atoms with Gasteiger partial charge in [-0.2, -0.15) is 0 Å². The van der Waals surface area contributed by atoms with Crippen molar-refractivity contribution in [3.05, 3.63) is 23.7 Å². The molecule has 1 fully saturated rings. The van der Waals surface area contributed by atoms with Crippen molar-refractivity contribution in [2.45, 2.75) is 39.0 Å². The third kappa shape index (κ3) is 3.60. The van der Waals surface area contributed by atoms with Crippen LogP contribution in [0.15, 0.2) is 16.7 Å². The molecule has 1 aromatic heterocycles. The summed E-state index contributed by atoms with van der Waals surface area (Å²) in [5, 5.41) is 0. The second kappa shape index (κ2) is 6.75. The molecule has 1 aliphatic heterocycles. The normalized spacial score (nSPS) is 18.1. The Bertz CT molecular complexity index is 406. The summed E-state index contributed by atoms with van der Waals surface area (Å²) in [5.41, 5.74) is 6.90. The number of hydrogen-bond donors (Lipinski definition) is 1. The van der Waals surface area contributed by atoms with Gasteiger partial charge in [-0.1, -0.05) is 12.8 Å². The molecule has 106 valence electrons. The van der Waals surface area contributed by atoms with Gasteiger partial charge in [0.2, 0.25) is 5.91 Å². The number of likely N-dealkylation sites (tertiary alicyclic amines) is 1. The van der Waals surface area contributed by atoms with Crippen LogP contribution in [-0.2, 0) is 11.2 Å². The number of carbonyl (C=O) groups excluding carboxylic acids is 1. The predicted octanol–water partition coefficient (Wildman–Crippen LogP) is 2.11. The van der Waals surface area contributed by atoms with Gasteiger partial charge in [-0.05, 0) is 31.4 Å². The van der Waals surface area contributed by atoms with Crippen LogP contribution in [0.3, 0.4) is 0 Å². The number of carbonyl (C=O) groups is 1. The van der Waals surface area contributed by atoms with E-state index >= 15 is 0 Å². The van der Waals surface area contributed by atoms with E-state index in [1.807, 2.05) is 17.9 Å². The highest BCUT2D eigenvalue weighted by atomic mass is 16.3. The predicted molar refractivity (Wildman–Crippen MR) is 74.7 cm³/mol. The fourth-order valence-corrected chi connectivity index (χ4v) is 2.66. The average molecular weight is 264 g/mol. The Morgan fingerprint density at radius 1 is 1.37 bits per heavy atom. The molecule has 0 aromatic carbocycles. The number of aryl methyl sites for hydroxylation is 1. The molecule has 1 atom stereocenters. The molecule has 4 nitrogen and oxygen atoms in total. The zero-order valence-electron chi connectivity index (χ0n) is 11.7. The summed E-state index contributed by atoms with van der Waals surface area (Å²) in [6.07, 6.45) is 6.98. The van der Waals surface area contributed by atoms with Crippen LogP contribution in [0.5, 0.6) is 0 Å². The largest absolute Gasteiger partial charge is 0.469 e. The van der Waals surface area contributed by atoms with E-state index in [0.717, 1.165) is 37.3 Å². The van der Waals surface area contributed by atoms with E-state index in [1.165, 1.54) is 12.8 Å². The number of hydrogen-bond acceptors (Lipinski definition) is 3. The summed E-state index contributed by atoms with van der Waals surface area (Å²) in [6, 6.07) is 1.93. The molecule has 1 unspecified atom stereocenters. The zero-order chi connectivity index (χ0) is 13.7. The molecule has 4 heteroatoms. The highest BCUT2D eigenvalue weighted by Crippen LogP contribution is 2.18. The summed E-state index contributed by atoms with van der Waals surface area (Å²) >= 11 is 0. The molecule has 1 aromatic rings. The summed E-state index contributed by atoms with van der Waals surface area (Å²) < 4.78 is 5.43. The highest BCUT2D eigenvalue weighted by Gasteiger charge is 2.25. The lowest BCUT2D eigenvalue weighted by Gasteiger charge is -2.25. The van der Waals surface area contributed by atoms with Crippen molar-refractivity contribution >= 4 is 5.91 Å². The van der Waals surface area contributed by atoms with Gasteiger partial charge >= 0.3 is 0 Å². The number of nitrogens with zero attached hydrogens (tertiary/aromatic N) is 1. The lowest BCUT2D eigenvalue weighted by Crippen LogP contribution is -2.40. The molecule has 1 amide bonds. The Balaban J connectivity index is 2.00. The van der Waals surface area contributed by atoms with Gasteiger partial charge in [-0.15, -0.1) is 0 Å². The Hall–Kier alpha value is -1.29. The molecular formula is C15H24N2O2. The third-order valence-corrected chi connectivity index (χ3v) is 3.95. The molecule has 2 heterocycles. The van der Waals surface area contributed by atoms with Crippen molar-refractivity contribution in [2.24, 2.45) is 11.7 Å². The fourth-order valence-electron chi connectivity index (χ4n) is 2.66. The summed E-state index contributed by atoms with van der Waals surface area (Å²) in [6.45, 7) is 4.15. The summed E-state index contributed by atoms with van der Waals surface area (Å²) in [4.78, 5) is 14.5. The molecule has 1 aliphatic rings. The average Bonchev–Trinajstić information content (AvgIpc) is 2.68. The minimum atomic E-state index is -0.150. The smallest absolute Gasteiger partial charge is 0.227 e. The van der Waals surface area contributed by atoms with Gasteiger partial charge < -0.3 is 15.1 Å². The molecule has 1 saturated heterocycles. The molecule has 0 saturated carbocycles. The van der Waals surface area contributed by atoms with Crippen molar-refractivity contribution in [2.75, 3.05) is 19.6 Å². The molecule has 2 N–H and O–H groups in total. The molecule has 0 bridgehead atoms. The first-order valence-electron chi connectivity index (χ1n) is 7.24. The maximum atomic E-state index is 12.5. The quantitative estimate of drug-likeness (QED) is 0.906. The van der Waals surface area contributed by atoms with Gasteiger partial charge in [0.1, 0.15) is 5.76 Å². The van der Waals surface area contributed by atoms with E-state index in [2.05, 4.69) is 0 Å². The standard InChI is InChI=1S/C15H24N2O2/c1-12-6-9-19-14(12)10-13(11-16)15(18)17-7-4-2-3-5-8-17/h6,9,13H,2-5,7-8,10-11,16H2,1H3. The highest BCUT2D eigenvalue weighted by molar-refractivity contribution is 5.79. The van der Waals surface area contributed by atoms with E-state index in [0.29, 0.717) is 13.0 Å². The molecule has 19 heavy (non-hydrogen) atoms. The Kier molecular flexibility index (Phi) is 5.02. The first-order chi connectivity index (χ1) is 9.22. The minimum absolute atomic E-state index is 0.150. The van der Waals surface area contributed by atoms with Crippen molar-refractivity contribution in [3.8, 4) is 0 Å². The van der Waals surface area contributed by atoms with Crippen LogP contribution in [0, 0.1) is 12.8 Å². The number of rotatable bonds is 4. The topological polar surface area (TPSA) is 59.5 Å². The van der Waals surface area contributed by atoms with E-state index in [-0.39, 0.29) is 11.8 Å². The fraction of sp³-hybridized carbons (Fsp3) is 0.667. The van der Waals surface area contributed by atoms with Gasteiger partial charge in [0.05, 0.1) is 12.2 Å². The lowest BCUT2D eigenvalue weighted by molar-refractivity contribution is -0.135. The Morgan fingerprint density at radius 2 is 2.05 bits per heavy atom. The first kappa shape index (κ1) is 14.1. The SMILES string of the molecule is Cc1ccoc1CC(CN)C(=O)N1CCCCCC1. The number of furan rings is 1. The van der Waals surface area contributed by atoms with Crippen LogP contribution in [0.2, 0.25) is 0 Å². The second-order valence-electron chi connectivity index (χ2n) is 5.40. The monoisotopic (exact) mass is 264 g/mol. The van der Waals surface area contributed by atoms with E-state index < -0.39 is 0 Å². The molecular weight excluding hydrogens is 240 g/mol. The molecule has 2 rings (SSSR count). The zero-order valence-corrected chi connectivity index (χ0v) is 11.7. The van der Waals surface area contributed by atoms with E-state index in [4.69, 9.17) is 10.2 Å². The molecule has 0 aliphatic carbocycles. The van der Waals surface area contributed by atoms with Crippen LogP contribution < -0.4 is 5.73 Å². The maximum Gasteiger partial charge on any atom is 0.227 e. The molecule has 0 radical (unpaired) electrons. The Morgan fingerprint density at radius 3 is 2.58 bits per heavy atom. The lowest BCUT2D eigenvalue weighted by atomic mass is 10.0. The van der Waals surface area contributed by atoms with Crippen molar-refractivity contribution in [1.82, 2.24) is 4.90 Å².